The van der Waals surface area contributed by atoms with E-state index in [4.69, 9.17) is 4.42 Å². The van der Waals surface area contributed by atoms with Gasteiger partial charge in [0, 0.05) is 9.86 Å². The third-order valence-electron chi connectivity index (χ3n) is 4.35. The van der Waals surface area contributed by atoms with Crippen LogP contribution >= 0.6 is 15.9 Å². The number of hydrazone groups is 1. The molecule has 4 rings (SSSR count). The summed E-state index contributed by atoms with van der Waals surface area (Å²) in [5.41, 5.74) is 0.333. The van der Waals surface area contributed by atoms with E-state index in [1.165, 1.54) is 11.1 Å². The van der Waals surface area contributed by atoms with Crippen molar-refractivity contribution in [1.29, 1.82) is 0 Å². The number of amides is 1. The maximum atomic E-state index is 13.0. The van der Waals surface area contributed by atoms with Crippen molar-refractivity contribution in [1.82, 2.24) is 0 Å². The third-order valence-corrected chi connectivity index (χ3v) is 4.85. The molecule has 0 radical (unpaired) electrons. The zero-order valence-corrected chi connectivity index (χ0v) is 15.8. The van der Waals surface area contributed by atoms with Gasteiger partial charge in [-0.15, -0.1) is 0 Å². The molecule has 0 bridgehead atoms. The number of ketones is 1. The number of Topliss-reactive ketones (excluding diaryl/α,β-unsaturated/α-hetero) is 1. The highest BCUT2D eigenvalue weighted by atomic mass is 79.9. The van der Waals surface area contributed by atoms with E-state index in [9.17, 15) is 14.4 Å². The van der Waals surface area contributed by atoms with Gasteiger partial charge in [0.05, 0.1) is 11.4 Å². The Bertz CT molecular complexity index is 1170. The van der Waals surface area contributed by atoms with Crippen molar-refractivity contribution in [3.63, 3.8) is 0 Å². The maximum absolute atomic E-state index is 13.0. The average molecular weight is 425 g/mol. The number of hydrogen-bond acceptors (Lipinski definition) is 5. The van der Waals surface area contributed by atoms with Crippen LogP contribution in [0.15, 0.2) is 73.4 Å². The molecule has 0 fully saturated rings. The fourth-order valence-corrected chi connectivity index (χ4v) is 3.42. The summed E-state index contributed by atoms with van der Waals surface area (Å²) in [5.74, 6) is -2.24. The second-order valence-corrected chi connectivity index (χ2v) is 7.07. The Kier molecular flexibility index (Phi) is 4.24. The minimum absolute atomic E-state index is 0.164. The Morgan fingerprint density at radius 3 is 2.59 bits per heavy atom. The van der Waals surface area contributed by atoms with E-state index < -0.39 is 23.2 Å². The number of carbonyl (C=O) groups is 2. The molecule has 1 aromatic heterocycles. The first-order valence-corrected chi connectivity index (χ1v) is 8.97. The number of nitrogens with zero attached hydrogens (tertiary/aromatic N) is 2. The van der Waals surface area contributed by atoms with E-state index in [2.05, 4.69) is 21.0 Å². The fourth-order valence-electron chi connectivity index (χ4n) is 3.04. The van der Waals surface area contributed by atoms with Crippen LogP contribution < -0.4 is 10.6 Å². The molecular formula is C20H13BrN2O4. The molecule has 2 aromatic carbocycles. The molecule has 6 nitrogen and oxygen atoms in total. The van der Waals surface area contributed by atoms with Crippen LogP contribution in [-0.2, 0) is 4.79 Å². The molecule has 1 aliphatic rings. The molecule has 27 heavy (non-hydrogen) atoms. The quantitative estimate of drug-likeness (QED) is 0.364. The highest BCUT2D eigenvalue weighted by molar-refractivity contribution is 9.10. The number of rotatable bonds is 3. The Morgan fingerprint density at radius 1 is 1.11 bits per heavy atom. The van der Waals surface area contributed by atoms with E-state index >= 15 is 0 Å². The van der Waals surface area contributed by atoms with Gasteiger partial charge in [-0.1, -0.05) is 34.1 Å². The number of benzene rings is 2. The van der Waals surface area contributed by atoms with E-state index in [1.54, 1.807) is 49.4 Å². The lowest BCUT2D eigenvalue weighted by atomic mass is 9.94. The zero-order chi connectivity index (χ0) is 19.1. The molecule has 0 saturated carbocycles. The average Bonchev–Trinajstić information content (AvgIpc) is 2.96. The number of para-hydroxylation sites is 1. The fraction of sp³-hybridized carbons (Fsp3) is 0.100. The predicted molar refractivity (Wildman–Crippen MR) is 105 cm³/mol. The Labute approximate surface area is 162 Å². The molecule has 1 unspecified atom stereocenters. The summed E-state index contributed by atoms with van der Waals surface area (Å²) >= 11 is 3.35. The van der Waals surface area contributed by atoms with Crippen molar-refractivity contribution < 1.29 is 14.0 Å². The number of fused-ring (bicyclic) bond motifs is 1. The number of anilines is 1. The normalized spacial score (nSPS) is 16.7. The highest BCUT2D eigenvalue weighted by Gasteiger charge is 2.41. The van der Waals surface area contributed by atoms with Gasteiger partial charge in [-0.3, -0.25) is 9.59 Å². The lowest BCUT2D eigenvalue weighted by Gasteiger charge is -2.13. The Morgan fingerprint density at radius 2 is 1.85 bits per heavy atom. The van der Waals surface area contributed by atoms with Crippen molar-refractivity contribution in [2.24, 2.45) is 11.0 Å². The SMILES string of the molecule is CC1=NN(c2ccccc2)C(=O)C1C(=O)c1cc2cc(Br)ccc2oc1=O. The summed E-state index contributed by atoms with van der Waals surface area (Å²) in [7, 11) is 0. The summed E-state index contributed by atoms with van der Waals surface area (Å²) in [6, 6.07) is 15.4. The first-order valence-electron chi connectivity index (χ1n) is 8.17. The van der Waals surface area contributed by atoms with Crippen molar-refractivity contribution in [3.05, 3.63) is 75.1 Å². The maximum Gasteiger partial charge on any atom is 0.347 e. The first kappa shape index (κ1) is 17.4. The smallest absolute Gasteiger partial charge is 0.347 e. The van der Waals surface area contributed by atoms with Gasteiger partial charge in [-0.25, -0.2) is 4.79 Å². The van der Waals surface area contributed by atoms with E-state index in [0.29, 0.717) is 22.4 Å². The predicted octanol–water partition coefficient (Wildman–Crippen LogP) is 3.78. The van der Waals surface area contributed by atoms with Crippen LogP contribution in [0.5, 0.6) is 0 Å². The van der Waals surface area contributed by atoms with Gasteiger partial charge in [0.2, 0.25) is 0 Å². The summed E-state index contributed by atoms with van der Waals surface area (Å²) in [6.45, 7) is 1.60. The van der Waals surface area contributed by atoms with Gasteiger partial charge >= 0.3 is 5.63 Å². The van der Waals surface area contributed by atoms with Crippen LogP contribution in [-0.4, -0.2) is 17.4 Å². The molecule has 0 spiro atoms. The van der Waals surface area contributed by atoms with Gasteiger partial charge in [0.25, 0.3) is 5.91 Å². The molecule has 1 amide bonds. The second-order valence-electron chi connectivity index (χ2n) is 6.15. The van der Waals surface area contributed by atoms with Crippen LogP contribution in [0, 0.1) is 5.92 Å². The molecule has 0 saturated heterocycles. The molecule has 134 valence electrons. The molecule has 0 aliphatic carbocycles. The van der Waals surface area contributed by atoms with Crippen molar-refractivity contribution >= 4 is 50.0 Å². The zero-order valence-electron chi connectivity index (χ0n) is 14.2. The van der Waals surface area contributed by atoms with Crippen molar-refractivity contribution in [2.75, 3.05) is 5.01 Å². The summed E-state index contributed by atoms with van der Waals surface area (Å²) < 4.78 is 6.03. The van der Waals surface area contributed by atoms with E-state index in [1.807, 2.05) is 6.07 Å². The van der Waals surface area contributed by atoms with Gasteiger partial charge in [-0.2, -0.15) is 10.1 Å². The van der Waals surface area contributed by atoms with Gasteiger partial charge in [0.1, 0.15) is 17.1 Å². The molecule has 1 aliphatic heterocycles. The molecular weight excluding hydrogens is 412 g/mol. The molecule has 3 aromatic rings. The summed E-state index contributed by atoms with van der Waals surface area (Å²) in [4.78, 5) is 38.1. The van der Waals surface area contributed by atoms with Crippen LogP contribution in [0.3, 0.4) is 0 Å². The second kappa shape index (κ2) is 6.59. The van der Waals surface area contributed by atoms with Crippen molar-refractivity contribution in [2.45, 2.75) is 6.92 Å². The van der Waals surface area contributed by atoms with Gasteiger partial charge < -0.3 is 4.42 Å². The monoisotopic (exact) mass is 424 g/mol. The molecule has 2 heterocycles. The molecule has 1 atom stereocenters. The topological polar surface area (TPSA) is 80.0 Å². The largest absolute Gasteiger partial charge is 0.422 e. The highest BCUT2D eigenvalue weighted by Crippen LogP contribution is 2.26. The molecule has 7 heteroatoms. The Balaban J connectivity index is 1.74. The van der Waals surface area contributed by atoms with Crippen LogP contribution in [0.4, 0.5) is 5.69 Å². The van der Waals surface area contributed by atoms with Crippen LogP contribution in [0.25, 0.3) is 11.0 Å². The lowest BCUT2D eigenvalue weighted by molar-refractivity contribution is -0.118. The first-order chi connectivity index (χ1) is 13.0. The number of hydrogen-bond donors (Lipinski definition) is 0. The van der Waals surface area contributed by atoms with Crippen LogP contribution in [0.2, 0.25) is 0 Å². The van der Waals surface area contributed by atoms with E-state index in [0.717, 1.165) is 4.47 Å². The van der Waals surface area contributed by atoms with E-state index in [-0.39, 0.29) is 5.56 Å². The Hall–Kier alpha value is -3.06. The third kappa shape index (κ3) is 3.00. The standard InChI is InChI=1S/C20H13BrN2O4/c1-11-17(19(25)23(22-11)14-5-3-2-4-6-14)18(24)15-10-12-9-13(21)7-8-16(12)27-20(15)26/h2-10,17H,1H3. The number of carbonyl (C=O) groups excluding carboxylic acids is 2. The van der Waals surface area contributed by atoms with Gasteiger partial charge in [0.15, 0.2) is 5.78 Å². The number of halogens is 1. The summed E-state index contributed by atoms with van der Waals surface area (Å²) in [6.07, 6.45) is 0. The summed E-state index contributed by atoms with van der Waals surface area (Å²) in [5, 5.41) is 6.00. The minimum Gasteiger partial charge on any atom is -0.422 e. The van der Waals surface area contributed by atoms with Gasteiger partial charge in [-0.05, 0) is 43.3 Å². The lowest BCUT2D eigenvalue weighted by Crippen LogP contribution is -2.34. The molecule has 0 N–H and O–H groups in total. The van der Waals surface area contributed by atoms with Crippen LogP contribution in [0.1, 0.15) is 17.3 Å². The van der Waals surface area contributed by atoms with Crippen molar-refractivity contribution in [3.8, 4) is 0 Å². The minimum atomic E-state index is -1.14.